The second-order valence-electron chi connectivity index (χ2n) is 9.12. The quantitative estimate of drug-likeness (QED) is 0.262. The van der Waals surface area contributed by atoms with Crippen molar-refractivity contribution in [3.63, 3.8) is 0 Å². The lowest BCUT2D eigenvalue weighted by Gasteiger charge is -2.22. The molecule has 0 atom stereocenters. The largest absolute Gasteiger partial charge is 0.292 e. The van der Waals surface area contributed by atoms with Gasteiger partial charge >= 0.3 is 0 Å². The average molecular weight is 450 g/mol. The summed E-state index contributed by atoms with van der Waals surface area (Å²) in [7, 11) is 0. The van der Waals surface area contributed by atoms with Crippen LogP contribution in [-0.2, 0) is 0 Å². The Hall–Kier alpha value is -3.65. The molecule has 0 N–H and O–H groups in total. The van der Waals surface area contributed by atoms with Crippen molar-refractivity contribution in [2.24, 2.45) is 0 Å². The Bertz CT molecular complexity index is 1600. The summed E-state index contributed by atoms with van der Waals surface area (Å²) in [5.41, 5.74) is 7.08. The first-order valence-corrected chi connectivity index (χ1v) is 11.6. The number of rotatable bonds is 5. The van der Waals surface area contributed by atoms with Crippen LogP contribution in [0.1, 0.15) is 63.0 Å². The predicted octanol–water partition coefficient (Wildman–Crippen LogP) is 8.91. The van der Waals surface area contributed by atoms with Crippen molar-refractivity contribution in [2.75, 3.05) is 0 Å². The molecule has 2 heteroatoms. The van der Waals surface area contributed by atoms with E-state index in [2.05, 4.69) is 22.8 Å². The zero-order chi connectivity index (χ0) is 28.2. The molecule has 5 aromatic rings. The van der Waals surface area contributed by atoms with Crippen molar-refractivity contribution >= 4 is 11.0 Å². The minimum absolute atomic E-state index is 0.265. The molecule has 0 saturated heterocycles. The van der Waals surface area contributed by atoms with Gasteiger partial charge in [-0.25, -0.2) is 4.98 Å². The van der Waals surface area contributed by atoms with Crippen LogP contribution in [0, 0.1) is 6.85 Å². The molecule has 5 rings (SSSR count). The minimum atomic E-state index is -2.20. The molecule has 0 aliphatic carbocycles. The number of imidazole rings is 1. The third-order valence-electron chi connectivity index (χ3n) is 6.24. The summed E-state index contributed by atoms with van der Waals surface area (Å²) < 4.78 is 43.4. The van der Waals surface area contributed by atoms with E-state index in [0.717, 1.165) is 44.5 Å². The second-order valence-corrected chi connectivity index (χ2v) is 9.12. The van der Waals surface area contributed by atoms with Crippen LogP contribution in [-0.4, -0.2) is 9.55 Å². The lowest BCUT2D eigenvalue weighted by Crippen LogP contribution is -2.08. The molecule has 1 aromatic heterocycles. The van der Waals surface area contributed by atoms with Gasteiger partial charge < -0.3 is 0 Å². The number of para-hydroxylation sites is 1. The van der Waals surface area contributed by atoms with Gasteiger partial charge in [0, 0.05) is 12.4 Å². The lowest BCUT2D eigenvalue weighted by atomic mass is 9.92. The summed E-state index contributed by atoms with van der Waals surface area (Å²) >= 11 is 0. The maximum Gasteiger partial charge on any atom is 0.145 e. The Balaban J connectivity index is 1.89. The first kappa shape index (κ1) is 16.9. The average Bonchev–Trinajstić information content (AvgIpc) is 3.26. The molecule has 0 spiro atoms. The topological polar surface area (TPSA) is 17.8 Å². The van der Waals surface area contributed by atoms with E-state index in [0.29, 0.717) is 5.82 Å². The summed E-state index contributed by atoms with van der Waals surface area (Å²) in [4.78, 5) is 5.03. The molecule has 0 aliphatic heterocycles. The van der Waals surface area contributed by atoms with Gasteiger partial charge in [-0.3, -0.25) is 4.57 Å². The zero-order valence-electron chi connectivity index (χ0n) is 25.1. The van der Waals surface area contributed by atoms with Crippen molar-refractivity contribution in [3.05, 3.63) is 108 Å². The van der Waals surface area contributed by atoms with E-state index in [1.807, 2.05) is 76.2 Å². The maximum atomic E-state index is 9.02. The highest BCUT2D eigenvalue weighted by atomic mass is 15.1. The normalized spacial score (nSPS) is 14.8. The van der Waals surface area contributed by atoms with Crippen LogP contribution in [0.4, 0.5) is 0 Å². The van der Waals surface area contributed by atoms with Gasteiger partial charge in [-0.2, -0.15) is 0 Å². The van der Waals surface area contributed by atoms with Crippen LogP contribution in [0.15, 0.2) is 91.0 Å². The van der Waals surface area contributed by atoms with E-state index < -0.39 is 18.6 Å². The van der Waals surface area contributed by atoms with E-state index in [1.54, 1.807) is 24.3 Å². The molecule has 0 saturated carbocycles. The molecule has 0 amide bonds. The van der Waals surface area contributed by atoms with Gasteiger partial charge in [0.15, 0.2) is 0 Å². The van der Waals surface area contributed by atoms with Crippen LogP contribution < -0.4 is 0 Å². The maximum absolute atomic E-state index is 9.02. The van der Waals surface area contributed by atoms with Crippen LogP contribution in [0.2, 0.25) is 0 Å². The smallest absolute Gasteiger partial charge is 0.145 e. The molecular weight excluding hydrogens is 412 g/mol. The highest BCUT2D eigenvalue weighted by molar-refractivity contribution is 5.88. The summed E-state index contributed by atoms with van der Waals surface area (Å²) in [5.74, 6) is -1.27. The number of hydrogen-bond acceptors (Lipinski definition) is 1. The Morgan fingerprint density at radius 2 is 1.35 bits per heavy atom. The third-order valence-corrected chi connectivity index (χ3v) is 6.24. The third kappa shape index (κ3) is 3.94. The molecule has 0 aliphatic rings. The van der Waals surface area contributed by atoms with E-state index in [1.165, 1.54) is 0 Å². The van der Waals surface area contributed by atoms with Crippen molar-refractivity contribution in [3.8, 4) is 28.2 Å². The Morgan fingerprint density at radius 3 is 1.97 bits per heavy atom. The second kappa shape index (κ2) is 8.95. The van der Waals surface area contributed by atoms with Gasteiger partial charge in [0.25, 0.3) is 0 Å². The molecule has 0 unspecified atom stereocenters. The van der Waals surface area contributed by atoms with Crippen LogP contribution in [0.3, 0.4) is 0 Å². The van der Waals surface area contributed by atoms with Gasteiger partial charge in [-0.1, -0.05) is 112 Å². The van der Waals surface area contributed by atoms with Gasteiger partial charge in [0.2, 0.25) is 0 Å². The number of nitrogens with zero attached hydrogens (tertiary/aromatic N) is 2. The number of fused-ring (bicyclic) bond motifs is 1. The van der Waals surface area contributed by atoms with Gasteiger partial charge in [-0.05, 0) is 53.0 Å². The molecular formula is C32H32N2. The van der Waals surface area contributed by atoms with Crippen molar-refractivity contribution in [1.82, 2.24) is 9.55 Å². The first-order chi connectivity index (χ1) is 18.2. The molecule has 2 nitrogen and oxygen atoms in total. The first-order valence-electron chi connectivity index (χ1n) is 14.1. The van der Waals surface area contributed by atoms with Crippen LogP contribution >= 0.6 is 0 Å². The number of benzene rings is 4. The highest BCUT2D eigenvalue weighted by Crippen LogP contribution is 2.38. The van der Waals surface area contributed by atoms with Gasteiger partial charge in [-0.15, -0.1) is 0 Å². The van der Waals surface area contributed by atoms with Crippen molar-refractivity contribution in [2.45, 2.75) is 46.3 Å². The minimum Gasteiger partial charge on any atom is -0.292 e. The molecule has 0 fully saturated rings. The zero-order valence-corrected chi connectivity index (χ0v) is 20.1. The molecule has 170 valence electrons. The number of hydrogen-bond donors (Lipinski definition) is 0. The van der Waals surface area contributed by atoms with Crippen molar-refractivity contribution in [1.29, 1.82) is 0 Å². The van der Waals surface area contributed by atoms with Crippen LogP contribution in [0.25, 0.3) is 39.2 Å². The van der Waals surface area contributed by atoms with E-state index >= 15 is 0 Å². The summed E-state index contributed by atoms with van der Waals surface area (Å²) in [6, 6.07) is 28.9. The van der Waals surface area contributed by atoms with Crippen LogP contribution in [0.5, 0.6) is 0 Å². The lowest BCUT2D eigenvalue weighted by molar-refractivity contribution is 0.811. The Labute approximate surface area is 210 Å². The van der Waals surface area contributed by atoms with E-state index in [-0.39, 0.29) is 5.56 Å². The molecule has 0 bridgehead atoms. The van der Waals surface area contributed by atoms with E-state index in [4.69, 9.17) is 11.8 Å². The molecule has 0 radical (unpaired) electrons. The molecule has 4 aromatic carbocycles. The van der Waals surface area contributed by atoms with E-state index in [9.17, 15) is 0 Å². The standard InChI is InChI=1S/C32H32N2/c1-21(2)27-12-9-13-28(22(3)4)31(27)34-30-20-26(24-10-7-6-8-11-24)18-19-29(30)33-32(34)25-16-14-23(5)15-17-25/h6-22H,1-5H3/i5D3,21D,22D. The predicted molar refractivity (Wildman–Crippen MR) is 145 cm³/mol. The Morgan fingerprint density at radius 1 is 0.706 bits per heavy atom. The highest BCUT2D eigenvalue weighted by Gasteiger charge is 2.22. The number of aromatic nitrogens is 2. The van der Waals surface area contributed by atoms with Gasteiger partial charge in [0.1, 0.15) is 5.82 Å². The SMILES string of the molecule is [2H]C([2H])([2H])c1ccc(-c2nc3ccc(-c4ccccc4)cc3n2-c2c(C([2H])(C)C)cccc2C([2H])(C)C)cc1. The fourth-order valence-corrected chi connectivity index (χ4v) is 4.52. The number of aryl methyl sites for hydroxylation is 1. The Kier molecular flexibility index (Phi) is 4.44. The van der Waals surface area contributed by atoms with Gasteiger partial charge in [0.05, 0.1) is 16.7 Å². The fraction of sp³-hybridized carbons (Fsp3) is 0.219. The molecule has 1 heterocycles. The fourth-order valence-electron chi connectivity index (χ4n) is 4.52. The summed E-state index contributed by atoms with van der Waals surface area (Å²) in [6.45, 7) is 5.21. The van der Waals surface area contributed by atoms with Crippen molar-refractivity contribution < 1.29 is 6.85 Å². The summed E-state index contributed by atoms with van der Waals surface area (Å²) in [5, 5.41) is 0. The summed E-state index contributed by atoms with van der Waals surface area (Å²) in [6.07, 6.45) is 0. The molecule has 34 heavy (non-hydrogen) atoms. The monoisotopic (exact) mass is 449 g/mol.